The summed E-state index contributed by atoms with van der Waals surface area (Å²) < 4.78 is 9.53. The molecule has 1 fully saturated rings. The second-order valence-corrected chi connectivity index (χ2v) is 9.09. The monoisotopic (exact) mass is 444 g/mol. The van der Waals surface area contributed by atoms with E-state index in [9.17, 15) is 14.7 Å². The van der Waals surface area contributed by atoms with Crippen LogP contribution in [0.4, 0.5) is 0 Å². The van der Waals surface area contributed by atoms with Crippen molar-refractivity contribution in [1.29, 1.82) is 0 Å². The molecule has 1 atom stereocenters. The molecule has 0 spiro atoms. The average molecular weight is 444 g/mol. The van der Waals surface area contributed by atoms with Gasteiger partial charge in [-0.15, -0.1) is 0 Å². The molecule has 1 unspecified atom stereocenters. The first-order chi connectivity index (χ1) is 15.7. The van der Waals surface area contributed by atoms with Crippen molar-refractivity contribution in [3.63, 3.8) is 0 Å². The highest BCUT2D eigenvalue weighted by atomic mass is 16.5. The molecule has 0 bridgehead atoms. The highest BCUT2D eigenvalue weighted by Crippen LogP contribution is 2.47. The highest BCUT2D eigenvalue weighted by Gasteiger charge is 2.48. The third kappa shape index (κ3) is 3.24. The summed E-state index contributed by atoms with van der Waals surface area (Å²) in [7, 11) is 3.59. The van der Waals surface area contributed by atoms with Crippen LogP contribution < -0.4 is 10.4 Å². The summed E-state index contributed by atoms with van der Waals surface area (Å²) in [5.74, 6) is 5.19. The van der Waals surface area contributed by atoms with Gasteiger partial charge in [-0.25, -0.2) is 9.78 Å². The number of imidazole rings is 1. The number of pyridine rings is 1. The van der Waals surface area contributed by atoms with Gasteiger partial charge in [0, 0.05) is 50.4 Å². The Labute approximate surface area is 191 Å². The van der Waals surface area contributed by atoms with Gasteiger partial charge in [-0.2, -0.15) is 0 Å². The number of aromatic carboxylic acids is 1. The van der Waals surface area contributed by atoms with Crippen molar-refractivity contribution in [2.24, 2.45) is 7.05 Å². The predicted molar refractivity (Wildman–Crippen MR) is 123 cm³/mol. The number of aryl methyl sites for hydroxylation is 1. The fraction of sp³-hybridized carbons (Fsp3) is 0.320. The molecule has 1 N–H and O–H groups in total. The molecule has 1 aliphatic carbocycles. The smallest absolute Gasteiger partial charge is 0.341 e. The van der Waals surface area contributed by atoms with Crippen LogP contribution in [0.1, 0.15) is 48.4 Å². The van der Waals surface area contributed by atoms with E-state index < -0.39 is 11.4 Å². The number of nitrogens with zero attached hydrogens (tertiary/aromatic N) is 4. The van der Waals surface area contributed by atoms with Crippen molar-refractivity contribution < 1.29 is 14.6 Å². The van der Waals surface area contributed by atoms with Gasteiger partial charge in [-0.05, 0) is 31.4 Å². The van der Waals surface area contributed by atoms with E-state index in [4.69, 9.17) is 4.74 Å². The van der Waals surface area contributed by atoms with Crippen LogP contribution >= 0.6 is 0 Å². The largest absolute Gasteiger partial charge is 0.477 e. The molecule has 8 nitrogen and oxygen atoms in total. The van der Waals surface area contributed by atoms with E-state index >= 15 is 0 Å². The molecule has 1 saturated heterocycles. The van der Waals surface area contributed by atoms with Gasteiger partial charge >= 0.3 is 5.97 Å². The third-order valence-corrected chi connectivity index (χ3v) is 6.45. The van der Waals surface area contributed by atoms with E-state index in [0.29, 0.717) is 12.1 Å². The Morgan fingerprint density at radius 1 is 1.30 bits per heavy atom. The summed E-state index contributed by atoms with van der Waals surface area (Å²) in [5.41, 5.74) is 4.24. The number of ether oxygens (including phenoxy) is 1. The van der Waals surface area contributed by atoms with E-state index in [1.54, 1.807) is 24.3 Å². The first-order valence-electron chi connectivity index (χ1n) is 10.7. The zero-order valence-electron chi connectivity index (χ0n) is 18.9. The zero-order valence-corrected chi connectivity index (χ0v) is 18.9. The van der Waals surface area contributed by atoms with Gasteiger partial charge in [-0.1, -0.05) is 12.0 Å². The number of carbonyl (C=O) groups is 1. The SMILES string of the molecule is COC1CC(C)(C)N2C1=C1CC(C#Cc3cncn3C)=CC=C1c1cc(=O)c(C(=O)O)cn12. The second-order valence-electron chi connectivity index (χ2n) is 9.09. The first kappa shape index (κ1) is 21.0. The van der Waals surface area contributed by atoms with Crippen molar-refractivity contribution in [2.75, 3.05) is 12.1 Å². The van der Waals surface area contributed by atoms with Crippen LogP contribution in [-0.4, -0.2) is 44.1 Å². The molecule has 0 aromatic carbocycles. The number of methoxy groups -OCH3 is 1. The predicted octanol–water partition coefficient (Wildman–Crippen LogP) is 2.45. The topological polar surface area (TPSA) is 89.6 Å². The van der Waals surface area contributed by atoms with E-state index in [1.807, 2.05) is 23.8 Å². The van der Waals surface area contributed by atoms with Crippen LogP contribution in [0.2, 0.25) is 0 Å². The standard InChI is InChI=1S/C25H24N4O4/c1-25(2)11-22(33-4)23-18-9-15(5-7-16-12-26-14-27(16)3)6-8-17(18)20-10-21(30)19(24(31)32)13-28(20)29(23)25/h6,8,10,12-14,22H,9,11H2,1-4H3,(H,31,32). The molecule has 2 aliphatic heterocycles. The Bertz CT molecular complexity index is 1410. The van der Waals surface area contributed by atoms with Gasteiger partial charge in [0.2, 0.25) is 0 Å². The summed E-state index contributed by atoms with van der Waals surface area (Å²) in [6, 6.07) is 1.42. The summed E-state index contributed by atoms with van der Waals surface area (Å²) in [4.78, 5) is 28.4. The summed E-state index contributed by atoms with van der Waals surface area (Å²) >= 11 is 0. The number of carboxylic acids is 1. The number of carboxylic acid groups (broad SMARTS) is 1. The van der Waals surface area contributed by atoms with Crippen LogP contribution in [0.25, 0.3) is 5.57 Å². The van der Waals surface area contributed by atoms with Gasteiger partial charge in [-0.3, -0.25) is 14.5 Å². The zero-order chi connectivity index (χ0) is 23.5. The number of aromatic nitrogens is 3. The molecule has 0 radical (unpaired) electrons. The minimum atomic E-state index is -1.24. The summed E-state index contributed by atoms with van der Waals surface area (Å²) in [6.07, 6.45) is 9.94. The van der Waals surface area contributed by atoms with Gasteiger partial charge in [0.15, 0.2) is 5.43 Å². The Hall–Kier alpha value is -3.83. The fourth-order valence-corrected chi connectivity index (χ4v) is 4.88. The van der Waals surface area contributed by atoms with E-state index in [2.05, 4.69) is 35.7 Å². The lowest BCUT2D eigenvalue weighted by Crippen LogP contribution is -2.49. The van der Waals surface area contributed by atoms with E-state index in [0.717, 1.165) is 34.5 Å². The third-order valence-electron chi connectivity index (χ3n) is 6.45. The summed E-state index contributed by atoms with van der Waals surface area (Å²) in [6.45, 7) is 4.18. The van der Waals surface area contributed by atoms with Gasteiger partial charge in [0.25, 0.3) is 0 Å². The Morgan fingerprint density at radius 2 is 2.09 bits per heavy atom. The minimum absolute atomic E-state index is 0.163. The molecule has 33 heavy (non-hydrogen) atoms. The molecule has 8 heteroatoms. The molecule has 5 rings (SSSR count). The van der Waals surface area contributed by atoms with Crippen LogP contribution in [0.15, 0.2) is 58.6 Å². The van der Waals surface area contributed by atoms with Crippen LogP contribution in [-0.2, 0) is 11.8 Å². The molecule has 0 amide bonds. The Kier molecular flexibility index (Phi) is 4.69. The Morgan fingerprint density at radius 3 is 2.76 bits per heavy atom. The van der Waals surface area contributed by atoms with E-state index in [1.165, 1.54) is 12.3 Å². The maximum atomic E-state index is 12.6. The maximum absolute atomic E-state index is 12.6. The van der Waals surface area contributed by atoms with Crippen LogP contribution in [0.5, 0.6) is 0 Å². The molecule has 0 saturated carbocycles. The second kappa shape index (κ2) is 7.36. The van der Waals surface area contributed by atoms with Crippen LogP contribution in [0, 0.1) is 11.8 Å². The number of hydrogen-bond acceptors (Lipinski definition) is 5. The molecule has 2 aromatic heterocycles. The van der Waals surface area contributed by atoms with Gasteiger partial charge in [0.05, 0.1) is 29.5 Å². The minimum Gasteiger partial charge on any atom is -0.477 e. The maximum Gasteiger partial charge on any atom is 0.341 e. The summed E-state index contributed by atoms with van der Waals surface area (Å²) in [5, 5.41) is 11.6. The lowest BCUT2D eigenvalue weighted by molar-refractivity contribution is 0.0694. The van der Waals surface area contributed by atoms with Crippen molar-refractivity contribution in [2.45, 2.75) is 38.3 Å². The number of allylic oxidation sites excluding steroid dienone is 5. The molecular formula is C25H24N4O4. The first-order valence-corrected chi connectivity index (χ1v) is 10.7. The molecule has 4 heterocycles. The molecule has 3 aliphatic rings. The number of rotatable bonds is 2. The fourth-order valence-electron chi connectivity index (χ4n) is 4.88. The lowest BCUT2D eigenvalue weighted by atomic mass is 9.87. The number of fused-ring (bicyclic) bond motifs is 5. The molecular weight excluding hydrogens is 420 g/mol. The Balaban J connectivity index is 1.71. The van der Waals surface area contributed by atoms with Crippen molar-refractivity contribution in [1.82, 2.24) is 14.2 Å². The highest BCUT2D eigenvalue weighted by molar-refractivity contribution is 5.89. The van der Waals surface area contributed by atoms with Crippen LogP contribution in [0.3, 0.4) is 0 Å². The van der Waals surface area contributed by atoms with Gasteiger partial charge < -0.3 is 14.4 Å². The van der Waals surface area contributed by atoms with Crippen molar-refractivity contribution in [3.05, 3.63) is 81.0 Å². The number of hydrogen-bond donors (Lipinski definition) is 1. The lowest BCUT2D eigenvalue weighted by Gasteiger charge is -2.42. The van der Waals surface area contributed by atoms with E-state index in [-0.39, 0.29) is 17.2 Å². The average Bonchev–Trinajstić information content (AvgIpc) is 3.31. The molecule has 2 aromatic rings. The normalized spacial score (nSPS) is 20.2. The van der Waals surface area contributed by atoms with Crippen molar-refractivity contribution in [3.8, 4) is 11.8 Å². The van der Waals surface area contributed by atoms with Crippen molar-refractivity contribution >= 4 is 11.5 Å². The quantitative estimate of drug-likeness (QED) is 0.716. The molecule has 168 valence electrons. The van der Waals surface area contributed by atoms with Gasteiger partial charge in [0.1, 0.15) is 17.4 Å².